The summed E-state index contributed by atoms with van der Waals surface area (Å²) in [5.74, 6) is 1.65. The number of nitrogens with zero attached hydrogens (tertiary/aromatic N) is 5. The average molecular weight is 766 g/mol. The van der Waals surface area contributed by atoms with Crippen LogP contribution in [-0.2, 0) is 5.41 Å². The number of para-hydroxylation sites is 4. The monoisotopic (exact) mass is 765 g/mol. The van der Waals surface area contributed by atoms with Crippen LogP contribution in [0.25, 0.3) is 77.5 Å². The number of aromatic nitrogens is 4. The minimum atomic E-state index is -0.655. The van der Waals surface area contributed by atoms with E-state index in [9.17, 15) is 5.26 Å². The number of pyridine rings is 2. The van der Waals surface area contributed by atoms with E-state index in [2.05, 4.69) is 167 Å². The van der Waals surface area contributed by atoms with Crippen LogP contribution < -0.4 is 4.74 Å². The van der Waals surface area contributed by atoms with E-state index in [4.69, 9.17) is 14.7 Å². The molecular formula is C54H31N5O. The fourth-order valence-electron chi connectivity index (χ4n) is 10.3. The van der Waals surface area contributed by atoms with Crippen LogP contribution in [0.5, 0.6) is 11.5 Å². The van der Waals surface area contributed by atoms with Crippen molar-refractivity contribution >= 4 is 43.6 Å². The number of benzene rings is 7. The van der Waals surface area contributed by atoms with Crippen LogP contribution in [0, 0.1) is 11.3 Å². The molecule has 1 aliphatic carbocycles. The molecule has 0 amide bonds. The van der Waals surface area contributed by atoms with E-state index >= 15 is 0 Å². The maximum absolute atomic E-state index is 10.7. The number of nitriles is 1. The van der Waals surface area contributed by atoms with Gasteiger partial charge in [0.1, 0.15) is 17.6 Å². The molecule has 0 radical (unpaired) electrons. The van der Waals surface area contributed by atoms with Crippen LogP contribution in [0.15, 0.2) is 188 Å². The van der Waals surface area contributed by atoms with Gasteiger partial charge < -0.3 is 13.9 Å². The molecule has 11 aromatic rings. The molecule has 5 heterocycles. The van der Waals surface area contributed by atoms with Gasteiger partial charge in [-0.15, -0.1) is 0 Å². The van der Waals surface area contributed by atoms with Crippen LogP contribution in [0.1, 0.15) is 27.8 Å². The number of fused-ring (bicyclic) bond motifs is 15. The third kappa shape index (κ3) is 4.25. The van der Waals surface area contributed by atoms with Crippen molar-refractivity contribution in [1.82, 2.24) is 19.1 Å². The summed E-state index contributed by atoms with van der Waals surface area (Å²) in [4.78, 5) is 9.79. The van der Waals surface area contributed by atoms with Gasteiger partial charge in [-0.05, 0) is 101 Å². The SMILES string of the molecule is N#Cc1cc(-n2c3ccccc3c3cc(-c4ccc5c(c4)C4(c6ccccc6O5)c5cccnc5-c5ncccc54)ccc32)ccc1-n1c2ccccc2c2ccccc21. The molecule has 13 rings (SSSR count). The van der Waals surface area contributed by atoms with Gasteiger partial charge in [0.05, 0.1) is 50.1 Å². The summed E-state index contributed by atoms with van der Waals surface area (Å²) in [7, 11) is 0. The molecule has 0 atom stereocenters. The average Bonchev–Trinajstić information content (AvgIpc) is 3.93. The van der Waals surface area contributed by atoms with Crippen molar-refractivity contribution < 1.29 is 4.74 Å². The first kappa shape index (κ1) is 32.8. The molecule has 0 N–H and O–H groups in total. The van der Waals surface area contributed by atoms with E-state index in [1.807, 2.05) is 36.7 Å². The molecule has 60 heavy (non-hydrogen) atoms. The highest BCUT2D eigenvalue weighted by molar-refractivity contribution is 6.11. The van der Waals surface area contributed by atoms with Crippen molar-refractivity contribution in [3.05, 3.63) is 216 Å². The summed E-state index contributed by atoms with van der Waals surface area (Å²) in [6.07, 6.45) is 3.71. The quantitative estimate of drug-likeness (QED) is 0.180. The molecule has 0 bridgehead atoms. The molecule has 6 nitrogen and oxygen atoms in total. The highest BCUT2D eigenvalue weighted by atomic mass is 16.5. The van der Waals surface area contributed by atoms with Crippen molar-refractivity contribution in [3.8, 4) is 51.5 Å². The van der Waals surface area contributed by atoms with Gasteiger partial charge in [-0.3, -0.25) is 9.97 Å². The fourth-order valence-corrected chi connectivity index (χ4v) is 10.3. The number of ether oxygens (including phenoxy) is 1. The Kier molecular flexibility index (Phi) is 6.62. The van der Waals surface area contributed by atoms with Crippen molar-refractivity contribution in [2.24, 2.45) is 0 Å². The lowest BCUT2D eigenvalue weighted by molar-refractivity contribution is 0.436. The van der Waals surface area contributed by atoms with Gasteiger partial charge in [-0.1, -0.05) is 97.1 Å². The van der Waals surface area contributed by atoms with E-state index < -0.39 is 5.41 Å². The highest BCUT2D eigenvalue weighted by Crippen LogP contribution is 2.61. The van der Waals surface area contributed by atoms with Gasteiger partial charge in [0.25, 0.3) is 0 Å². The van der Waals surface area contributed by atoms with E-state index in [1.165, 1.54) is 0 Å². The molecule has 278 valence electrons. The van der Waals surface area contributed by atoms with Gasteiger partial charge in [-0.25, -0.2) is 0 Å². The molecular weight excluding hydrogens is 735 g/mol. The Hall–Kier alpha value is -8.27. The largest absolute Gasteiger partial charge is 0.457 e. The summed E-state index contributed by atoms with van der Waals surface area (Å²) in [5, 5.41) is 15.3. The molecule has 7 aromatic carbocycles. The normalized spacial score (nSPS) is 13.2. The predicted octanol–water partition coefficient (Wildman–Crippen LogP) is 12.7. The second kappa shape index (κ2) is 12.1. The zero-order chi connectivity index (χ0) is 39.5. The molecule has 4 aromatic heterocycles. The van der Waals surface area contributed by atoms with Crippen molar-refractivity contribution in [2.75, 3.05) is 0 Å². The topological polar surface area (TPSA) is 68.7 Å². The molecule has 0 saturated heterocycles. The number of hydrogen-bond acceptors (Lipinski definition) is 4. The van der Waals surface area contributed by atoms with Gasteiger partial charge in [0, 0.05) is 50.8 Å². The Balaban J connectivity index is 0.989. The first-order chi connectivity index (χ1) is 29.7. The van der Waals surface area contributed by atoms with Gasteiger partial charge >= 0.3 is 0 Å². The Morgan fingerprint density at radius 2 is 1.00 bits per heavy atom. The van der Waals surface area contributed by atoms with E-state index in [1.54, 1.807) is 0 Å². The molecule has 1 spiro atoms. The molecule has 2 aliphatic rings. The van der Waals surface area contributed by atoms with Gasteiger partial charge in [0.2, 0.25) is 0 Å². The lowest BCUT2D eigenvalue weighted by Gasteiger charge is -2.39. The summed E-state index contributed by atoms with van der Waals surface area (Å²) in [5.41, 5.74) is 14.4. The Bertz CT molecular complexity index is 3580. The van der Waals surface area contributed by atoms with Crippen LogP contribution >= 0.6 is 0 Å². The summed E-state index contributed by atoms with van der Waals surface area (Å²) in [6.45, 7) is 0. The predicted molar refractivity (Wildman–Crippen MR) is 238 cm³/mol. The lowest BCUT2D eigenvalue weighted by Crippen LogP contribution is -2.32. The Morgan fingerprint density at radius 1 is 0.450 bits per heavy atom. The second-order valence-electron chi connectivity index (χ2n) is 15.6. The van der Waals surface area contributed by atoms with E-state index in [0.717, 1.165) is 111 Å². The fraction of sp³-hybridized carbons (Fsp3) is 0.0185. The third-order valence-electron chi connectivity index (χ3n) is 12.7. The Labute approximate surface area is 344 Å². The van der Waals surface area contributed by atoms with Crippen LogP contribution in [0.3, 0.4) is 0 Å². The first-order valence-corrected chi connectivity index (χ1v) is 20.1. The van der Waals surface area contributed by atoms with Crippen molar-refractivity contribution in [3.63, 3.8) is 0 Å². The number of rotatable bonds is 3. The first-order valence-electron chi connectivity index (χ1n) is 20.1. The minimum Gasteiger partial charge on any atom is -0.457 e. The smallest absolute Gasteiger partial charge is 0.132 e. The minimum absolute atomic E-state index is 0.605. The number of hydrogen-bond donors (Lipinski definition) is 0. The summed E-state index contributed by atoms with van der Waals surface area (Å²) >= 11 is 0. The van der Waals surface area contributed by atoms with Gasteiger partial charge in [-0.2, -0.15) is 5.26 Å². The summed E-state index contributed by atoms with van der Waals surface area (Å²) in [6, 6.07) is 64.2. The summed E-state index contributed by atoms with van der Waals surface area (Å²) < 4.78 is 11.2. The second-order valence-corrected chi connectivity index (χ2v) is 15.6. The van der Waals surface area contributed by atoms with E-state index in [0.29, 0.717) is 5.56 Å². The molecule has 0 saturated carbocycles. The lowest BCUT2D eigenvalue weighted by atomic mass is 9.66. The Morgan fingerprint density at radius 3 is 1.70 bits per heavy atom. The third-order valence-corrected chi connectivity index (χ3v) is 12.7. The van der Waals surface area contributed by atoms with Crippen LogP contribution in [0.4, 0.5) is 0 Å². The van der Waals surface area contributed by atoms with Crippen LogP contribution in [0.2, 0.25) is 0 Å². The molecule has 6 heteroatoms. The molecule has 0 unspecified atom stereocenters. The molecule has 0 fully saturated rings. The maximum atomic E-state index is 10.7. The molecule has 1 aliphatic heterocycles. The van der Waals surface area contributed by atoms with Crippen LogP contribution in [-0.4, -0.2) is 19.1 Å². The highest BCUT2D eigenvalue weighted by Gasteiger charge is 2.52. The maximum Gasteiger partial charge on any atom is 0.132 e. The zero-order valence-corrected chi connectivity index (χ0v) is 32.0. The standard InChI is InChI=1S/C54H31N5O/c55-32-35-29-36(23-25-45(35)59-47-18-6-1-11-37(47)38-12-2-7-19-48(38)59)58-46-17-5-3-13-39(46)40-30-33(21-24-49(40)58)34-22-26-51-44(31-34)54(41-14-4-8-20-50(41)60-51)42-15-9-27-56-52(42)53-43(54)16-10-28-57-53/h1-31H. The van der Waals surface area contributed by atoms with Crippen molar-refractivity contribution in [2.45, 2.75) is 5.41 Å². The van der Waals surface area contributed by atoms with Gasteiger partial charge in [0.15, 0.2) is 0 Å². The van der Waals surface area contributed by atoms with E-state index in [-0.39, 0.29) is 0 Å². The van der Waals surface area contributed by atoms with Crippen molar-refractivity contribution in [1.29, 1.82) is 5.26 Å². The zero-order valence-electron chi connectivity index (χ0n) is 32.0.